The van der Waals surface area contributed by atoms with Crippen molar-refractivity contribution in [2.45, 2.75) is 13.0 Å². The molecule has 1 unspecified atom stereocenters. The molecule has 0 saturated heterocycles. The van der Waals surface area contributed by atoms with Gasteiger partial charge in [-0.05, 0) is 25.6 Å². The van der Waals surface area contributed by atoms with Gasteiger partial charge >= 0.3 is 0 Å². The predicted molar refractivity (Wildman–Crippen MR) is 69.1 cm³/mol. The van der Waals surface area contributed by atoms with Crippen LogP contribution in [0.5, 0.6) is 0 Å². The van der Waals surface area contributed by atoms with Crippen molar-refractivity contribution < 1.29 is 4.74 Å². The van der Waals surface area contributed by atoms with E-state index < -0.39 is 0 Å². The van der Waals surface area contributed by atoms with Crippen molar-refractivity contribution in [3.63, 3.8) is 0 Å². The summed E-state index contributed by atoms with van der Waals surface area (Å²) in [5.74, 6) is 0. The van der Waals surface area contributed by atoms with Crippen LogP contribution in [0.2, 0.25) is 0 Å². The van der Waals surface area contributed by atoms with Gasteiger partial charge < -0.3 is 15.0 Å². The molecule has 0 amide bonds. The molecule has 16 heavy (non-hydrogen) atoms. The Hall–Kier alpha value is -1.06. The number of hydrogen-bond donors (Lipinski definition) is 1. The lowest BCUT2D eigenvalue weighted by Gasteiger charge is -2.24. The van der Waals surface area contributed by atoms with Gasteiger partial charge in [0.15, 0.2) is 0 Å². The first-order chi connectivity index (χ1) is 7.70. The van der Waals surface area contributed by atoms with Crippen molar-refractivity contribution in [2.24, 2.45) is 0 Å². The number of para-hydroxylation sites is 1. The molecule has 3 heteroatoms. The lowest BCUT2D eigenvalue weighted by Crippen LogP contribution is -2.25. The summed E-state index contributed by atoms with van der Waals surface area (Å²) in [4.78, 5) is 2.23. The summed E-state index contributed by atoms with van der Waals surface area (Å²) in [6.07, 6.45) is 0. The highest BCUT2D eigenvalue weighted by Gasteiger charge is 2.10. The van der Waals surface area contributed by atoms with Crippen LogP contribution < -0.4 is 10.2 Å². The molecule has 0 spiro atoms. The summed E-state index contributed by atoms with van der Waals surface area (Å²) >= 11 is 0. The number of benzene rings is 1. The van der Waals surface area contributed by atoms with Crippen LogP contribution in [0.1, 0.15) is 18.5 Å². The highest BCUT2D eigenvalue weighted by molar-refractivity contribution is 5.54. The Morgan fingerprint density at radius 3 is 2.69 bits per heavy atom. The van der Waals surface area contributed by atoms with E-state index in [1.807, 2.05) is 7.05 Å². The number of hydrogen-bond acceptors (Lipinski definition) is 3. The lowest BCUT2D eigenvalue weighted by atomic mass is 10.1. The standard InChI is InChI=1S/C13H22N2O/c1-11(14-2)12-7-5-6-8-13(12)15(3)9-10-16-4/h5-8,11,14H,9-10H2,1-4H3. The molecular weight excluding hydrogens is 200 g/mol. The van der Waals surface area contributed by atoms with Crippen LogP contribution >= 0.6 is 0 Å². The predicted octanol–water partition coefficient (Wildman–Crippen LogP) is 2.05. The minimum absolute atomic E-state index is 0.362. The highest BCUT2D eigenvalue weighted by Crippen LogP contribution is 2.24. The zero-order valence-corrected chi connectivity index (χ0v) is 10.7. The number of likely N-dealkylation sites (N-methyl/N-ethyl adjacent to an activating group) is 1. The number of anilines is 1. The maximum absolute atomic E-state index is 5.10. The average molecular weight is 222 g/mol. The second-order valence-corrected chi connectivity index (χ2v) is 3.98. The van der Waals surface area contributed by atoms with E-state index in [1.165, 1.54) is 11.3 Å². The number of ether oxygens (including phenoxy) is 1. The van der Waals surface area contributed by atoms with E-state index in [0.29, 0.717) is 6.04 Å². The maximum Gasteiger partial charge on any atom is 0.0637 e. The molecule has 0 saturated carbocycles. The van der Waals surface area contributed by atoms with E-state index in [4.69, 9.17) is 4.74 Å². The smallest absolute Gasteiger partial charge is 0.0637 e. The monoisotopic (exact) mass is 222 g/mol. The van der Waals surface area contributed by atoms with Crippen molar-refractivity contribution in [3.8, 4) is 0 Å². The first kappa shape index (κ1) is 13.0. The highest BCUT2D eigenvalue weighted by atomic mass is 16.5. The molecule has 1 N–H and O–H groups in total. The topological polar surface area (TPSA) is 24.5 Å². The molecule has 0 aromatic heterocycles. The molecule has 3 nitrogen and oxygen atoms in total. The third kappa shape index (κ3) is 3.22. The van der Waals surface area contributed by atoms with Crippen LogP contribution in [0.4, 0.5) is 5.69 Å². The average Bonchev–Trinajstić information content (AvgIpc) is 2.35. The Balaban J connectivity index is 2.85. The largest absolute Gasteiger partial charge is 0.383 e. The number of methoxy groups -OCH3 is 1. The quantitative estimate of drug-likeness (QED) is 0.797. The fourth-order valence-electron chi connectivity index (χ4n) is 1.71. The molecule has 0 radical (unpaired) electrons. The van der Waals surface area contributed by atoms with E-state index in [-0.39, 0.29) is 0 Å². The van der Waals surface area contributed by atoms with Crippen molar-refractivity contribution >= 4 is 5.69 Å². The lowest BCUT2D eigenvalue weighted by molar-refractivity contribution is 0.206. The van der Waals surface area contributed by atoms with Crippen molar-refractivity contribution in [2.75, 3.05) is 39.3 Å². The van der Waals surface area contributed by atoms with Gasteiger partial charge in [0.2, 0.25) is 0 Å². The fourth-order valence-corrected chi connectivity index (χ4v) is 1.71. The Bertz CT molecular complexity index is 315. The molecular formula is C13H22N2O. The minimum Gasteiger partial charge on any atom is -0.383 e. The summed E-state index contributed by atoms with van der Waals surface area (Å²) in [6, 6.07) is 8.83. The van der Waals surface area contributed by atoms with Gasteiger partial charge in [-0.3, -0.25) is 0 Å². The Morgan fingerprint density at radius 2 is 2.06 bits per heavy atom. The maximum atomic E-state index is 5.10. The molecule has 0 heterocycles. The van der Waals surface area contributed by atoms with Crippen LogP contribution in [-0.2, 0) is 4.74 Å². The van der Waals surface area contributed by atoms with Gasteiger partial charge in [-0.15, -0.1) is 0 Å². The first-order valence-electron chi connectivity index (χ1n) is 5.67. The molecule has 1 aromatic carbocycles. The molecule has 0 aliphatic rings. The molecule has 1 aromatic rings. The Morgan fingerprint density at radius 1 is 1.38 bits per heavy atom. The van der Waals surface area contributed by atoms with Crippen LogP contribution in [0.3, 0.4) is 0 Å². The van der Waals surface area contributed by atoms with Crippen LogP contribution in [0, 0.1) is 0 Å². The molecule has 0 aliphatic heterocycles. The molecule has 0 fully saturated rings. The third-order valence-electron chi connectivity index (χ3n) is 2.88. The van der Waals surface area contributed by atoms with Gasteiger partial charge in [-0.1, -0.05) is 18.2 Å². The van der Waals surface area contributed by atoms with E-state index >= 15 is 0 Å². The summed E-state index contributed by atoms with van der Waals surface area (Å²) < 4.78 is 5.10. The summed E-state index contributed by atoms with van der Waals surface area (Å²) in [5, 5.41) is 3.27. The second-order valence-electron chi connectivity index (χ2n) is 3.98. The van der Waals surface area contributed by atoms with Crippen molar-refractivity contribution in [1.82, 2.24) is 5.32 Å². The number of nitrogens with zero attached hydrogens (tertiary/aromatic N) is 1. The molecule has 0 aliphatic carbocycles. The van der Waals surface area contributed by atoms with Crippen molar-refractivity contribution in [3.05, 3.63) is 29.8 Å². The summed E-state index contributed by atoms with van der Waals surface area (Å²) in [7, 11) is 5.81. The van der Waals surface area contributed by atoms with Gasteiger partial charge in [0.1, 0.15) is 0 Å². The molecule has 1 atom stereocenters. The van der Waals surface area contributed by atoms with Gasteiger partial charge in [0.25, 0.3) is 0 Å². The fraction of sp³-hybridized carbons (Fsp3) is 0.538. The first-order valence-corrected chi connectivity index (χ1v) is 5.67. The van der Waals surface area contributed by atoms with E-state index in [9.17, 15) is 0 Å². The Kier molecular flexibility index (Phi) is 5.29. The van der Waals surface area contributed by atoms with E-state index in [1.54, 1.807) is 7.11 Å². The normalized spacial score (nSPS) is 12.5. The van der Waals surface area contributed by atoms with Gasteiger partial charge in [0.05, 0.1) is 6.61 Å². The van der Waals surface area contributed by atoms with E-state index in [0.717, 1.165) is 13.2 Å². The third-order valence-corrected chi connectivity index (χ3v) is 2.88. The molecule has 0 bridgehead atoms. The van der Waals surface area contributed by atoms with Crippen LogP contribution in [0.25, 0.3) is 0 Å². The summed E-state index contributed by atoms with van der Waals surface area (Å²) in [5.41, 5.74) is 2.59. The van der Waals surface area contributed by atoms with Crippen molar-refractivity contribution in [1.29, 1.82) is 0 Å². The number of rotatable bonds is 6. The van der Waals surface area contributed by atoms with E-state index in [2.05, 4.69) is 48.5 Å². The Labute approximate surface area is 98.4 Å². The van der Waals surface area contributed by atoms with Gasteiger partial charge in [0, 0.05) is 32.4 Å². The zero-order chi connectivity index (χ0) is 12.0. The number of nitrogens with one attached hydrogen (secondary N) is 1. The zero-order valence-electron chi connectivity index (χ0n) is 10.7. The van der Waals surface area contributed by atoms with Gasteiger partial charge in [-0.25, -0.2) is 0 Å². The molecule has 90 valence electrons. The minimum atomic E-state index is 0.362. The summed E-state index contributed by atoms with van der Waals surface area (Å²) in [6.45, 7) is 3.83. The second kappa shape index (κ2) is 6.51. The van der Waals surface area contributed by atoms with Gasteiger partial charge in [-0.2, -0.15) is 0 Å². The van der Waals surface area contributed by atoms with Crippen LogP contribution in [-0.4, -0.2) is 34.4 Å². The molecule has 1 rings (SSSR count). The SMILES string of the molecule is CNC(C)c1ccccc1N(C)CCOC. The van der Waals surface area contributed by atoms with Crippen LogP contribution in [0.15, 0.2) is 24.3 Å².